The van der Waals surface area contributed by atoms with Gasteiger partial charge < -0.3 is 16.0 Å². The summed E-state index contributed by atoms with van der Waals surface area (Å²) in [6, 6.07) is 9.48. The molecule has 2 fully saturated rings. The largest absolute Gasteiger partial charge is 0.343 e. The van der Waals surface area contributed by atoms with Gasteiger partial charge in [0.05, 0.1) is 5.54 Å². The van der Waals surface area contributed by atoms with Crippen molar-refractivity contribution in [2.24, 2.45) is 5.73 Å². The molecule has 1 heterocycles. The summed E-state index contributed by atoms with van der Waals surface area (Å²) in [5.74, 6) is -0.163. The lowest BCUT2D eigenvalue weighted by Gasteiger charge is -2.24. The average Bonchev–Trinajstić information content (AvgIpc) is 3.10. The highest BCUT2D eigenvalue weighted by atomic mass is 35.5. The quantitative estimate of drug-likeness (QED) is 0.876. The molecule has 3 N–H and O–H groups in total. The average molecular weight is 338 g/mol. The number of halogens is 1. The predicted molar refractivity (Wildman–Crippen MR) is 91.0 cm³/mol. The zero-order valence-corrected chi connectivity index (χ0v) is 14.0. The highest BCUT2D eigenvalue weighted by Crippen LogP contribution is 2.27. The number of amides is 2. The molecule has 1 saturated carbocycles. The van der Waals surface area contributed by atoms with Gasteiger partial charge in [0.15, 0.2) is 0 Å². The van der Waals surface area contributed by atoms with Crippen molar-refractivity contribution in [3.05, 3.63) is 35.9 Å². The molecule has 2 amide bonds. The van der Waals surface area contributed by atoms with Crippen LogP contribution in [0.4, 0.5) is 0 Å². The number of benzene rings is 1. The Morgan fingerprint density at radius 3 is 2.57 bits per heavy atom. The highest BCUT2D eigenvalue weighted by Gasteiger charge is 2.40. The van der Waals surface area contributed by atoms with Crippen LogP contribution in [0.5, 0.6) is 0 Å². The highest BCUT2D eigenvalue weighted by molar-refractivity contribution is 5.93. The maximum Gasteiger partial charge on any atom is 0.245 e. The molecule has 1 atom stereocenters. The third kappa shape index (κ3) is 3.85. The van der Waals surface area contributed by atoms with Gasteiger partial charge in [-0.1, -0.05) is 43.2 Å². The van der Waals surface area contributed by atoms with Gasteiger partial charge >= 0.3 is 0 Å². The van der Waals surface area contributed by atoms with Crippen LogP contribution in [0, 0.1) is 0 Å². The Labute approximate surface area is 143 Å². The molecule has 0 bridgehead atoms. The maximum absolute atomic E-state index is 12.4. The molecule has 3 rings (SSSR count). The first-order valence-electron chi connectivity index (χ1n) is 8.01. The van der Waals surface area contributed by atoms with Gasteiger partial charge in [0.1, 0.15) is 6.04 Å². The fourth-order valence-electron chi connectivity index (χ4n) is 3.37. The minimum Gasteiger partial charge on any atom is -0.343 e. The molecular weight excluding hydrogens is 314 g/mol. The van der Waals surface area contributed by atoms with Crippen LogP contribution in [0.25, 0.3) is 0 Å². The van der Waals surface area contributed by atoms with E-state index < -0.39 is 11.6 Å². The molecule has 1 saturated heterocycles. The molecule has 5 nitrogen and oxygen atoms in total. The summed E-state index contributed by atoms with van der Waals surface area (Å²) in [4.78, 5) is 26.6. The van der Waals surface area contributed by atoms with Crippen molar-refractivity contribution >= 4 is 24.2 Å². The van der Waals surface area contributed by atoms with E-state index in [2.05, 4.69) is 5.32 Å². The van der Waals surface area contributed by atoms with Gasteiger partial charge in [0.2, 0.25) is 11.8 Å². The molecule has 0 spiro atoms. The van der Waals surface area contributed by atoms with Crippen molar-refractivity contribution in [2.75, 3.05) is 6.54 Å². The van der Waals surface area contributed by atoms with Crippen molar-refractivity contribution in [3.8, 4) is 0 Å². The van der Waals surface area contributed by atoms with E-state index in [1.807, 2.05) is 30.3 Å². The third-order valence-corrected chi connectivity index (χ3v) is 4.77. The first-order valence-corrected chi connectivity index (χ1v) is 8.01. The van der Waals surface area contributed by atoms with E-state index in [0.29, 0.717) is 32.4 Å². The third-order valence-electron chi connectivity index (χ3n) is 4.77. The fraction of sp³-hybridized carbons (Fsp3) is 0.529. The number of carbonyl (C=O) groups excluding carboxylic acids is 2. The second-order valence-electron chi connectivity index (χ2n) is 6.42. The lowest BCUT2D eigenvalue weighted by Crippen LogP contribution is -2.55. The van der Waals surface area contributed by atoms with Gasteiger partial charge in [-0.2, -0.15) is 0 Å². The Morgan fingerprint density at radius 1 is 1.26 bits per heavy atom. The van der Waals surface area contributed by atoms with Crippen molar-refractivity contribution < 1.29 is 9.59 Å². The molecule has 0 aromatic heterocycles. The number of nitrogens with two attached hydrogens (primary N) is 1. The summed E-state index contributed by atoms with van der Waals surface area (Å²) in [7, 11) is 0. The second kappa shape index (κ2) is 7.32. The van der Waals surface area contributed by atoms with Crippen LogP contribution in [-0.4, -0.2) is 34.8 Å². The zero-order valence-electron chi connectivity index (χ0n) is 13.2. The van der Waals surface area contributed by atoms with Gasteiger partial charge in [0, 0.05) is 13.1 Å². The minimum absolute atomic E-state index is 0. The maximum atomic E-state index is 12.4. The Hall–Kier alpha value is -1.59. The van der Waals surface area contributed by atoms with Crippen LogP contribution in [0.3, 0.4) is 0 Å². The summed E-state index contributed by atoms with van der Waals surface area (Å²) in [6.07, 6.45) is 4.07. The molecule has 1 unspecified atom stereocenters. The van der Waals surface area contributed by atoms with Crippen molar-refractivity contribution in [3.63, 3.8) is 0 Å². The van der Waals surface area contributed by atoms with Crippen LogP contribution in [0.1, 0.15) is 37.7 Å². The molecule has 1 aliphatic heterocycles. The predicted octanol–water partition coefficient (Wildman–Crippen LogP) is 1.60. The van der Waals surface area contributed by atoms with Crippen LogP contribution >= 0.6 is 12.4 Å². The minimum atomic E-state index is -0.771. The lowest BCUT2D eigenvalue weighted by molar-refractivity contribution is -0.134. The molecule has 1 aromatic rings. The molecule has 126 valence electrons. The van der Waals surface area contributed by atoms with Crippen LogP contribution < -0.4 is 11.1 Å². The van der Waals surface area contributed by atoms with Crippen LogP contribution in [0.15, 0.2) is 30.3 Å². The normalized spacial score (nSPS) is 22.7. The molecule has 0 radical (unpaired) electrons. The van der Waals surface area contributed by atoms with E-state index in [-0.39, 0.29) is 24.2 Å². The number of nitrogens with zero attached hydrogens (tertiary/aromatic N) is 1. The van der Waals surface area contributed by atoms with Crippen molar-refractivity contribution in [1.82, 2.24) is 10.2 Å². The van der Waals surface area contributed by atoms with E-state index in [4.69, 9.17) is 5.73 Å². The Kier molecular flexibility index (Phi) is 5.65. The van der Waals surface area contributed by atoms with Crippen molar-refractivity contribution in [1.29, 1.82) is 0 Å². The molecule has 6 heteroatoms. The van der Waals surface area contributed by atoms with Crippen LogP contribution in [0.2, 0.25) is 0 Å². The van der Waals surface area contributed by atoms with Gasteiger partial charge in [0.25, 0.3) is 0 Å². The molecular formula is C17H24ClN3O2. The monoisotopic (exact) mass is 337 g/mol. The zero-order chi connectivity index (χ0) is 15.6. The summed E-state index contributed by atoms with van der Waals surface area (Å²) in [6.45, 7) is 1.27. The first kappa shape index (κ1) is 17.8. The Morgan fingerprint density at radius 2 is 1.91 bits per heavy atom. The summed E-state index contributed by atoms with van der Waals surface area (Å²) in [5.41, 5.74) is 6.48. The molecule has 2 aliphatic rings. The van der Waals surface area contributed by atoms with Gasteiger partial charge in [-0.15, -0.1) is 12.4 Å². The lowest BCUT2D eigenvalue weighted by atomic mass is 9.97. The summed E-state index contributed by atoms with van der Waals surface area (Å²) < 4.78 is 0. The molecule has 1 aliphatic carbocycles. The second-order valence-corrected chi connectivity index (χ2v) is 6.42. The van der Waals surface area contributed by atoms with Gasteiger partial charge in [-0.3, -0.25) is 9.59 Å². The SMILES string of the molecule is Cl.NC1(C(=O)NC2CCN(Cc3ccccc3)C2=O)CCCC1. The summed E-state index contributed by atoms with van der Waals surface area (Å²) in [5, 5.41) is 2.87. The van der Waals surface area contributed by atoms with Crippen molar-refractivity contribution in [2.45, 2.75) is 50.2 Å². The van der Waals surface area contributed by atoms with E-state index in [1.54, 1.807) is 4.90 Å². The Bertz CT molecular complexity index is 558. The van der Waals surface area contributed by atoms with E-state index in [1.165, 1.54) is 0 Å². The smallest absolute Gasteiger partial charge is 0.245 e. The number of hydrogen-bond acceptors (Lipinski definition) is 3. The van der Waals surface area contributed by atoms with Crippen LogP contribution in [-0.2, 0) is 16.1 Å². The standard InChI is InChI=1S/C17H23N3O2.ClH/c18-17(9-4-5-10-17)16(22)19-14-8-11-20(15(14)21)12-13-6-2-1-3-7-13;/h1-3,6-7,14H,4-5,8-12,18H2,(H,19,22);1H. The fourth-order valence-corrected chi connectivity index (χ4v) is 3.37. The number of carbonyl (C=O) groups is 2. The number of nitrogens with one attached hydrogen (secondary N) is 1. The van der Waals surface area contributed by atoms with E-state index >= 15 is 0 Å². The number of rotatable bonds is 4. The van der Waals surface area contributed by atoms with Gasteiger partial charge in [-0.25, -0.2) is 0 Å². The van der Waals surface area contributed by atoms with E-state index in [9.17, 15) is 9.59 Å². The Balaban J connectivity index is 0.00000192. The number of likely N-dealkylation sites (tertiary alicyclic amines) is 1. The molecule has 1 aromatic carbocycles. The van der Waals surface area contributed by atoms with E-state index in [0.717, 1.165) is 18.4 Å². The molecule has 23 heavy (non-hydrogen) atoms. The number of hydrogen-bond donors (Lipinski definition) is 2. The van der Waals surface area contributed by atoms with Gasteiger partial charge in [-0.05, 0) is 24.8 Å². The first-order chi connectivity index (χ1) is 10.6. The topological polar surface area (TPSA) is 75.4 Å². The summed E-state index contributed by atoms with van der Waals surface area (Å²) >= 11 is 0.